The van der Waals surface area contributed by atoms with E-state index in [1.807, 2.05) is 24.3 Å². The molecule has 0 radical (unpaired) electrons. The van der Waals surface area contributed by atoms with Crippen LogP contribution in [-0.4, -0.2) is 6.21 Å². The van der Waals surface area contributed by atoms with Gasteiger partial charge in [-0.2, -0.15) is 0 Å². The van der Waals surface area contributed by atoms with Gasteiger partial charge in [0.25, 0.3) is 0 Å². The van der Waals surface area contributed by atoms with E-state index in [2.05, 4.69) is 12.6 Å². The molecule has 0 saturated carbocycles. The van der Waals surface area contributed by atoms with Crippen molar-refractivity contribution < 1.29 is 0 Å². The van der Waals surface area contributed by atoms with E-state index in [9.17, 15) is 0 Å². The average molecular weight is 137 g/mol. The molecule has 0 spiro atoms. The Morgan fingerprint density at radius 3 is 2.22 bits per heavy atom. The van der Waals surface area contributed by atoms with Gasteiger partial charge in [0, 0.05) is 11.1 Å². The molecule has 1 rings (SSSR count). The first-order valence-electron chi connectivity index (χ1n) is 2.62. The molecule has 0 atom stereocenters. The lowest BCUT2D eigenvalue weighted by molar-refractivity contribution is 1.45. The van der Waals surface area contributed by atoms with Crippen LogP contribution in [0.5, 0.6) is 0 Å². The summed E-state index contributed by atoms with van der Waals surface area (Å²) < 4.78 is 0. The second-order valence-electron chi connectivity index (χ2n) is 1.74. The zero-order valence-corrected chi connectivity index (χ0v) is 5.73. The van der Waals surface area contributed by atoms with Crippen molar-refractivity contribution in [3.8, 4) is 0 Å². The Bertz CT molecular complexity index is 203. The molecule has 0 aromatic heterocycles. The molecule has 0 saturated heterocycles. The summed E-state index contributed by atoms with van der Waals surface area (Å²) in [6.45, 7) is 0. The van der Waals surface area contributed by atoms with Crippen LogP contribution in [0, 0.1) is 5.41 Å². The minimum absolute atomic E-state index is 0.910. The van der Waals surface area contributed by atoms with Crippen LogP contribution in [0.15, 0.2) is 29.2 Å². The highest BCUT2D eigenvalue weighted by Crippen LogP contribution is 2.05. The van der Waals surface area contributed by atoms with Crippen LogP contribution < -0.4 is 0 Å². The molecule has 2 heteroatoms. The van der Waals surface area contributed by atoms with E-state index in [1.54, 1.807) is 0 Å². The summed E-state index contributed by atoms with van der Waals surface area (Å²) >= 11 is 4.10. The first kappa shape index (κ1) is 6.36. The summed E-state index contributed by atoms with van der Waals surface area (Å²) in [4.78, 5) is 0.931. The molecule has 0 bridgehead atoms. The van der Waals surface area contributed by atoms with Gasteiger partial charge in [-0.1, -0.05) is 12.1 Å². The molecule has 0 unspecified atom stereocenters. The molecule has 0 fully saturated rings. The maximum absolute atomic E-state index is 6.86. The summed E-state index contributed by atoms with van der Waals surface area (Å²) in [7, 11) is 0. The highest BCUT2D eigenvalue weighted by Gasteiger charge is 1.83. The summed E-state index contributed by atoms with van der Waals surface area (Å²) in [6, 6.07) is 7.44. The Hall–Kier alpha value is -0.760. The number of rotatable bonds is 1. The summed E-state index contributed by atoms with van der Waals surface area (Å²) in [5.41, 5.74) is 0.910. The van der Waals surface area contributed by atoms with E-state index in [-0.39, 0.29) is 0 Å². The Morgan fingerprint density at radius 1 is 1.22 bits per heavy atom. The topological polar surface area (TPSA) is 23.9 Å². The summed E-state index contributed by atoms with van der Waals surface area (Å²) in [6.07, 6.45) is 1.31. The number of nitrogens with one attached hydrogen (secondary N) is 1. The predicted octanol–water partition coefficient (Wildman–Crippen LogP) is 1.97. The van der Waals surface area contributed by atoms with Crippen LogP contribution in [-0.2, 0) is 0 Å². The molecule has 1 aromatic rings. The molecule has 0 aliphatic carbocycles. The van der Waals surface area contributed by atoms with Crippen molar-refractivity contribution in [2.45, 2.75) is 4.90 Å². The molecule has 9 heavy (non-hydrogen) atoms. The lowest BCUT2D eigenvalue weighted by Crippen LogP contribution is -1.75. The molecule has 1 N–H and O–H groups in total. The van der Waals surface area contributed by atoms with Gasteiger partial charge in [-0.15, -0.1) is 12.6 Å². The minimum atomic E-state index is 0.910. The lowest BCUT2D eigenvalue weighted by atomic mass is 10.2. The Labute approximate surface area is 59.6 Å². The molecule has 46 valence electrons. The van der Waals surface area contributed by atoms with Gasteiger partial charge >= 0.3 is 0 Å². The predicted molar refractivity (Wildman–Crippen MR) is 41.6 cm³/mol. The first-order chi connectivity index (χ1) is 4.33. The Balaban J connectivity index is 3.01. The van der Waals surface area contributed by atoms with Gasteiger partial charge in [0.05, 0.1) is 0 Å². The second kappa shape index (κ2) is 2.69. The van der Waals surface area contributed by atoms with E-state index in [4.69, 9.17) is 5.41 Å². The maximum atomic E-state index is 6.86. The highest BCUT2D eigenvalue weighted by molar-refractivity contribution is 7.80. The molecule has 1 aromatic carbocycles. The van der Waals surface area contributed by atoms with E-state index < -0.39 is 0 Å². The highest BCUT2D eigenvalue weighted by atomic mass is 32.1. The van der Waals surface area contributed by atoms with Crippen LogP contribution >= 0.6 is 12.6 Å². The van der Waals surface area contributed by atoms with Crippen molar-refractivity contribution >= 4 is 18.8 Å². The minimum Gasteiger partial charge on any atom is -0.308 e. The quantitative estimate of drug-likeness (QED) is 0.437. The third-order valence-electron chi connectivity index (χ3n) is 1.06. The monoisotopic (exact) mass is 137 g/mol. The van der Waals surface area contributed by atoms with Crippen LogP contribution in [0.1, 0.15) is 5.56 Å². The van der Waals surface area contributed by atoms with Gasteiger partial charge in [0.1, 0.15) is 0 Å². The third kappa shape index (κ3) is 1.57. The summed E-state index contributed by atoms with van der Waals surface area (Å²) in [5.74, 6) is 0. The van der Waals surface area contributed by atoms with E-state index >= 15 is 0 Å². The third-order valence-corrected chi connectivity index (χ3v) is 1.36. The van der Waals surface area contributed by atoms with Crippen LogP contribution in [0.2, 0.25) is 0 Å². The fourth-order valence-corrected chi connectivity index (χ4v) is 0.720. The van der Waals surface area contributed by atoms with E-state index in [0.717, 1.165) is 10.5 Å². The van der Waals surface area contributed by atoms with Gasteiger partial charge in [0.15, 0.2) is 0 Å². The largest absolute Gasteiger partial charge is 0.308 e. The number of benzene rings is 1. The van der Waals surface area contributed by atoms with Gasteiger partial charge < -0.3 is 5.41 Å². The van der Waals surface area contributed by atoms with E-state index in [0.29, 0.717) is 0 Å². The molecule has 0 aliphatic rings. The van der Waals surface area contributed by atoms with Crippen molar-refractivity contribution in [1.82, 2.24) is 0 Å². The molecule has 0 heterocycles. The molecular formula is C7H7NS. The average Bonchev–Trinajstić information content (AvgIpc) is 1.90. The van der Waals surface area contributed by atoms with Crippen molar-refractivity contribution in [2.24, 2.45) is 0 Å². The van der Waals surface area contributed by atoms with Crippen LogP contribution in [0.4, 0.5) is 0 Å². The van der Waals surface area contributed by atoms with Crippen molar-refractivity contribution in [3.63, 3.8) is 0 Å². The molecule has 0 aliphatic heterocycles. The van der Waals surface area contributed by atoms with E-state index in [1.165, 1.54) is 6.21 Å². The first-order valence-corrected chi connectivity index (χ1v) is 3.07. The fourth-order valence-electron chi connectivity index (χ4n) is 0.571. The SMILES string of the molecule is N=Cc1ccc(S)cc1. The van der Waals surface area contributed by atoms with Crippen molar-refractivity contribution in [1.29, 1.82) is 5.41 Å². The van der Waals surface area contributed by atoms with Crippen molar-refractivity contribution in [2.75, 3.05) is 0 Å². The zero-order chi connectivity index (χ0) is 6.69. The smallest absolute Gasteiger partial charge is 0.0250 e. The lowest BCUT2D eigenvalue weighted by Gasteiger charge is -1.89. The molecular weight excluding hydrogens is 130 g/mol. The van der Waals surface area contributed by atoms with Crippen LogP contribution in [0.3, 0.4) is 0 Å². The second-order valence-corrected chi connectivity index (χ2v) is 2.25. The maximum Gasteiger partial charge on any atom is 0.0250 e. The van der Waals surface area contributed by atoms with Crippen molar-refractivity contribution in [3.05, 3.63) is 29.8 Å². The standard InChI is InChI=1S/C7H7NS/c8-5-6-1-3-7(9)4-2-6/h1-5,8-9H. The Kier molecular flexibility index (Phi) is 1.90. The Morgan fingerprint density at radius 2 is 1.78 bits per heavy atom. The molecule has 0 amide bonds. The summed E-state index contributed by atoms with van der Waals surface area (Å²) in [5, 5.41) is 6.86. The van der Waals surface area contributed by atoms with Gasteiger partial charge in [0.2, 0.25) is 0 Å². The fraction of sp³-hybridized carbons (Fsp3) is 0. The van der Waals surface area contributed by atoms with Gasteiger partial charge in [-0.3, -0.25) is 0 Å². The number of hydrogen-bond donors (Lipinski definition) is 2. The number of thiol groups is 1. The molecule has 1 nitrogen and oxygen atoms in total. The zero-order valence-electron chi connectivity index (χ0n) is 4.83. The van der Waals surface area contributed by atoms with Gasteiger partial charge in [-0.25, -0.2) is 0 Å². The number of hydrogen-bond acceptors (Lipinski definition) is 2. The normalized spacial score (nSPS) is 9.00. The van der Waals surface area contributed by atoms with Gasteiger partial charge in [-0.05, 0) is 17.7 Å². The van der Waals surface area contributed by atoms with Crippen LogP contribution in [0.25, 0.3) is 0 Å².